The van der Waals surface area contributed by atoms with E-state index in [9.17, 15) is 9.59 Å². The molecule has 0 aromatic carbocycles. The summed E-state index contributed by atoms with van der Waals surface area (Å²) in [6.07, 6.45) is 2.46. The van der Waals surface area contributed by atoms with Crippen LogP contribution in [0.3, 0.4) is 0 Å². The minimum Gasteiger partial charge on any atom is -0.463 e. The van der Waals surface area contributed by atoms with Crippen molar-refractivity contribution in [2.75, 3.05) is 0 Å². The van der Waals surface area contributed by atoms with Gasteiger partial charge in [-0.3, -0.25) is 9.59 Å². The van der Waals surface area contributed by atoms with E-state index in [0.29, 0.717) is 37.4 Å². The summed E-state index contributed by atoms with van der Waals surface area (Å²) in [5, 5.41) is 9.12. The number of nitrogens with zero attached hydrogens (tertiary/aromatic N) is 2. The molecule has 3 rings (SSSR count). The van der Waals surface area contributed by atoms with Gasteiger partial charge in [-0.15, -0.1) is 11.3 Å². The number of hydrogen-bond acceptors (Lipinski definition) is 5. The summed E-state index contributed by atoms with van der Waals surface area (Å²) in [5.41, 5.74) is 0.408. The monoisotopic (exact) mass is 343 g/mol. The van der Waals surface area contributed by atoms with Crippen LogP contribution in [-0.4, -0.2) is 15.7 Å². The number of hydrogen-bond donors (Lipinski definition) is 1. The van der Waals surface area contributed by atoms with Gasteiger partial charge in [-0.05, 0) is 36.1 Å². The highest BCUT2D eigenvalue weighted by Gasteiger charge is 2.07. The summed E-state index contributed by atoms with van der Waals surface area (Å²) in [7, 11) is 0. The maximum atomic E-state index is 11.9. The van der Waals surface area contributed by atoms with Crippen molar-refractivity contribution in [3.8, 4) is 11.5 Å². The molecule has 0 spiro atoms. The standard InChI is InChI=1S/C17H17N3O3S/c21-16(18-12-13-4-3-11-24-13)6-1-9-20-17(22)8-7-14(19-20)15-5-2-10-23-15/h2-5,7-8,10-11H,1,6,9,12H2,(H,18,21). The van der Waals surface area contributed by atoms with E-state index < -0.39 is 0 Å². The van der Waals surface area contributed by atoms with Crippen LogP contribution in [0.5, 0.6) is 0 Å². The predicted molar refractivity (Wildman–Crippen MR) is 91.6 cm³/mol. The highest BCUT2D eigenvalue weighted by atomic mass is 32.1. The molecule has 0 aliphatic rings. The summed E-state index contributed by atoms with van der Waals surface area (Å²) in [4.78, 5) is 24.8. The summed E-state index contributed by atoms with van der Waals surface area (Å²) in [5.74, 6) is 0.580. The zero-order valence-corrected chi connectivity index (χ0v) is 13.8. The second kappa shape index (κ2) is 7.74. The predicted octanol–water partition coefficient (Wildman–Crippen LogP) is 2.66. The Morgan fingerprint density at radius 2 is 2.17 bits per heavy atom. The lowest BCUT2D eigenvalue weighted by Crippen LogP contribution is -2.25. The fourth-order valence-corrected chi connectivity index (χ4v) is 2.89. The number of aryl methyl sites for hydroxylation is 1. The highest BCUT2D eigenvalue weighted by molar-refractivity contribution is 7.09. The molecule has 6 nitrogen and oxygen atoms in total. The number of carbonyl (C=O) groups excluding carboxylic acids is 1. The third-order valence-electron chi connectivity index (χ3n) is 3.45. The Morgan fingerprint density at radius 3 is 2.92 bits per heavy atom. The molecule has 0 unspecified atom stereocenters. The zero-order valence-electron chi connectivity index (χ0n) is 13.0. The molecule has 3 aromatic heterocycles. The van der Waals surface area contributed by atoms with Gasteiger partial charge in [-0.2, -0.15) is 5.10 Å². The quantitative estimate of drug-likeness (QED) is 0.715. The summed E-state index contributed by atoms with van der Waals surface area (Å²) in [6, 6.07) is 10.6. The van der Waals surface area contributed by atoms with Gasteiger partial charge in [0.1, 0.15) is 5.69 Å². The van der Waals surface area contributed by atoms with Crippen molar-refractivity contribution >= 4 is 17.2 Å². The molecule has 1 N–H and O–H groups in total. The largest absolute Gasteiger partial charge is 0.463 e. The third kappa shape index (κ3) is 4.20. The maximum Gasteiger partial charge on any atom is 0.266 e. The Kier molecular flexibility index (Phi) is 5.22. The highest BCUT2D eigenvalue weighted by Crippen LogP contribution is 2.15. The SMILES string of the molecule is O=C(CCCn1nc(-c2ccco2)ccc1=O)NCc1cccs1. The van der Waals surface area contributed by atoms with Gasteiger partial charge in [0.15, 0.2) is 5.76 Å². The summed E-state index contributed by atoms with van der Waals surface area (Å²) < 4.78 is 6.65. The van der Waals surface area contributed by atoms with Crippen molar-refractivity contribution < 1.29 is 9.21 Å². The van der Waals surface area contributed by atoms with E-state index in [0.717, 1.165) is 4.88 Å². The average Bonchev–Trinajstić information content (AvgIpc) is 3.28. The number of thiophene rings is 1. The summed E-state index contributed by atoms with van der Waals surface area (Å²) >= 11 is 1.61. The van der Waals surface area contributed by atoms with Crippen LogP contribution in [0.15, 0.2) is 57.3 Å². The van der Waals surface area contributed by atoms with Gasteiger partial charge in [0.05, 0.1) is 12.8 Å². The fraction of sp³-hybridized carbons (Fsp3) is 0.235. The van der Waals surface area contributed by atoms with Crippen molar-refractivity contribution in [2.24, 2.45) is 0 Å². The van der Waals surface area contributed by atoms with Gasteiger partial charge in [0.2, 0.25) is 5.91 Å². The first-order valence-corrected chi connectivity index (χ1v) is 8.51. The van der Waals surface area contributed by atoms with E-state index in [4.69, 9.17) is 4.42 Å². The molecule has 24 heavy (non-hydrogen) atoms. The smallest absolute Gasteiger partial charge is 0.266 e. The van der Waals surface area contributed by atoms with Crippen LogP contribution in [0.2, 0.25) is 0 Å². The molecule has 3 aromatic rings. The van der Waals surface area contributed by atoms with Crippen molar-refractivity contribution in [3.63, 3.8) is 0 Å². The van der Waals surface area contributed by atoms with E-state index in [2.05, 4.69) is 10.4 Å². The van der Waals surface area contributed by atoms with E-state index in [1.54, 1.807) is 35.8 Å². The molecular formula is C17H17N3O3S. The molecule has 0 aliphatic heterocycles. The Hall–Kier alpha value is -2.67. The number of furan rings is 1. The van der Waals surface area contributed by atoms with Gasteiger partial charge >= 0.3 is 0 Å². The van der Waals surface area contributed by atoms with Gasteiger partial charge in [0.25, 0.3) is 5.56 Å². The Bertz CT molecular complexity index is 838. The van der Waals surface area contributed by atoms with Crippen molar-refractivity contribution in [2.45, 2.75) is 25.9 Å². The summed E-state index contributed by atoms with van der Waals surface area (Å²) in [6.45, 7) is 0.933. The average molecular weight is 343 g/mol. The minimum absolute atomic E-state index is 0.0290. The van der Waals surface area contributed by atoms with Crippen molar-refractivity contribution in [1.82, 2.24) is 15.1 Å². The minimum atomic E-state index is -0.190. The van der Waals surface area contributed by atoms with Crippen LogP contribution in [0.25, 0.3) is 11.5 Å². The van der Waals surface area contributed by atoms with E-state index >= 15 is 0 Å². The van der Waals surface area contributed by atoms with Gasteiger partial charge in [0, 0.05) is 23.9 Å². The van der Waals surface area contributed by atoms with Gasteiger partial charge in [-0.1, -0.05) is 6.07 Å². The van der Waals surface area contributed by atoms with Crippen LogP contribution in [0.4, 0.5) is 0 Å². The molecule has 0 aliphatic carbocycles. The first kappa shape index (κ1) is 16.2. The molecule has 0 radical (unpaired) electrons. The lowest BCUT2D eigenvalue weighted by molar-refractivity contribution is -0.121. The lowest BCUT2D eigenvalue weighted by Gasteiger charge is -2.06. The van der Waals surface area contributed by atoms with Crippen LogP contribution >= 0.6 is 11.3 Å². The van der Waals surface area contributed by atoms with Crippen LogP contribution in [0.1, 0.15) is 17.7 Å². The molecule has 0 saturated carbocycles. The number of carbonyl (C=O) groups is 1. The molecule has 3 heterocycles. The number of rotatable bonds is 7. The molecule has 0 saturated heterocycles. The Labute approximate surface area is 142 Å². The third-order valence-corrected chi connectivity index (χ3v) is 4.33. The molecule has 0 atom stereocenters. The first-order chi connectivity index (χ1) is 11.7. The topological polar surface area (TPSA) is 77.1 Å². The van der Waals surface area contributed by atoms with Crippen LogP contribution in [0, 0.1) is 0 Å². The Balaban J connectivity index is 1.52. The maximum absolute atomic E-state index is 11.9. The molecular weight excluding hydrogens is 326 g/mol. The first-order valence-electron chi connectivity index (χ1n) is 7.63. The number of amides is 1. The number of aromatic nitrogens is 2. The zero-order chi connectivity index (χ0) is 16.8. The van der Waals surface area contributed by atoms with E-state index in [1.807, 2.05) is 17.5 Å². The van der Waals surface area contributed by atoms with Crippen LogP contribution in [-0.2, 0) is 17.9 Å². The molecule has 0 fully saturated rings. The normalized spacial score (nSPS) is 10.7. The lowest BCUT2D eigenvalue weighted by atomic mass is 10.3. The van der Waals surface area contributed by atoms with Gasteiger partial charge < -0.3 is 9.73 Å². The van der Waals surface area contributed by atoms with E-state index in [1.165, 1.54) is 10.7 Å². The van der Waals surface area contributed by atoms with Crippen molar-refractivity contribution in [1.29, 1.82) is 0 Å². The second-order valence-corrected chi connectivity index (χ2v) is 6.25. The molecule has 1 amide bonds. The Morgan fingerprint density at radius 1 is 1.25 bits per heavy atom. The molecule has 0 bridgehead atoms. The molecule has 124 valence electrons. The molecule has 7 heteroatoms. The fourth-order valence-electron chi connectivity index (χ4n) is 2.24. The number of nitrogens with one attached hydrogen (secondary N) is 1. The second-order valence-electron chi connectivity index (χ2n) is 5.22. The van der Waals surface area contributed by atoms with E-state index in [-0.39, 0.29) is 11.5 Å². The van der Waals surface area contributed by atoms with Crippen LogP contribution < -0.4 is 10.9 Å². The van der Waals surface area contributed by atoms with Crippen molar-refractivity contribution in [3.05, 3.63) is 63.3 Å². The van der Waals surface area contributed by atoms with Gasteiger partial charge in [-0.25, -0.2) is 4.68 Å².